The average molecular weight is 270 g/mol. The Balaban J connectivity index is 2.22. The molecule has 0 aliphatic carbocycles. The maximum Gasteiger partial charge on any atom is 0.224 e. The van der Waals surface area contributed by atoms with E-state index in [0.29, 0.717) is 29.3 Å². The van der Waals surface area contributed by atoms with Gasteiger partial charge in [0, 0.05) is 12.1 Å². The van der Waals surface area contributed by atoms with E-state index in [1.807, 2.05) is 6.92 Å². The van der Waals surface area contributed by atoms with Crippen LogP contribution in [0.15, 0.2) is 0 Å². The van der Waals surface area contributed by atoms with Crippen LogP contribution < -0.4 is 11.2 Å². The number of halogens is 1. The van der Waals surface area contributed by atoms with Crippen molar-refractivity contribution >= 4 is 23.1 Å². The number of hydrogen-bond acceptors (Lipinski definition) is 5. The molecule has 3 N–H and O–H groups in total. The fraction of sp³-hybridized carbons (Fsp3) is 0.667. The van der Waals surface area contributed by atoms with Gasteiger partial charge in [-0.25, -0.2) is 9.99 Å². The molecule has 2 unspecified atom stereocenters. The molecule has 0 amide bonds. The lowest BCUT2D eigenvalue weighted by Gasteiger charge is -2.39. The van der Waals surface area contributed by atoms with Gasteiger partial charge in [-0.3, -0.25) is 0 Å². The number of hydrazine groups is 1. The van der Waals surface area contributed by atoms with Gasteiger partial charge >= 0.3 is 0 Å². The van der Waals surface area contributed by atoms with E-state index < -0.39 is 0 Å². The van der Waals surface area contributed by atoms with Crippen molar-refractivity contribution in [3.05, 3.63) is 11.0 Å². The van der Waals surface area contributed by atoms with Crippen LogP contribution in [0.3, 0.4) is 0 Å². The first kappa shape index (κ1) is 13.4. The topological polar surface area (TPSA) is 67.1 Å². The van der Waals surface area contributed by atoms with Crippen molar-refractivity contribution in [3.8, 4) is 0 Å². The number of nitrogens with one attached hydrogen (secondary N) is 1. The van der Waals surface area contributed by atoms with Crippen molar-refractivity contribution in [3.63, 3.8) is 0 Å². The summed E-state index contributed by atoms with van der Waals surface area (Å²) >= 11 is 5.88. The van der Waals surface area contributed by atoms with Crippen LogP contribution in [0.1, 0.15) is 38.8 Å². The predicted octanol–water partition coefficient (Wildman–Crippen LogP) is 2.61. The highest BCUT2D eigenvalue weighted by molar-refractivity contribution is 6.28. The Labute approximate surface area is 113 Å². The molecule has 0 radical (unpaired) electrons. The second-order valence-electron chi connectivity index (χ2n) is 4.99. The molecule has 2 heterocycles. The minimum Gasteiger partial charge on any atom is -0.394 e. The second-order valence-corrected chi connectivity index (χ2v) is 5.33. The summed E-state index contributed by atoms with van der Waals surface area (Å²) < 4.78 is 0. The van der Waals surface area contributed by atoms with Crippen LogP contribution in [0.25, 0.3) is 0 Å². The molecule has 0 spiro atoms. The zero-order valence-electron chi connectivity index (χ0n) is 11.1. The first-order valence-corrected chi connectivity index (χ1v) is 6.71. The van der Waals surface area contributed by atoms with E-state index in [1.54, 1.807) is 0 Å². The third-order valence-electron chi connectivity index (χ3n) is 3.54. The molecule has 0 aromatic carbocycles. The van der Waals surface area contributed by atoms with Gasteiger partial charge in [-0.05, 0) is 45.2 Å². The van der Waals surface area contributed by atoms with Crippen LogP contribution in [-0.2, 0) is 0 Å². The lowest BCUT2D eigenvalue weighted by molar-refractivity contribution is 0.135. The number of anilines is 2. The SMILES string of the molecule is Cc1nc(Cl)nc(NN2C(C)CCCC2C)c1N. The van der Waals surface area contributed by atoms with Crippen molar-refractivity contribution < 1.29 is 0 Å². The van der Waals surface area contributed by atoms with E-state index in [-0.39, 0.29) is 5.28 Å². The first-order chi connectivity index (χ1) is 8.49. The third-order valence-corrected chi connectivity index (χ3v) is 3.71. The first-order valence-electron chi connectivity index (χ1n) is 6.33. The molecule has 2 rings (SSSR count). The Bertz CT molecular complexity index is 427. The lowest BCUT2D eigenvalue weighted by Crippen LogP contribution is -2.47. The van der Waals surface area contributed by atoms with Gasteiger partial charge < -0.3 is 11.2 Å². The van der Waals surface area contributed by atoms with Crippen molar-refractivity contribution in [2.45, 2.75) is 52.1 Å². The molecular weight excluding hydrogens is 250 g/mol. The number of aryl methyl sites for hydroxylation is 1. The molecule has 1 aliphatic rings. The van der Waals surface area contributed by atoms with Gasteiger partial charge in [-0.1, -0.05) is 6.42 Å². The van der Waals surface area contributed by atoms with Crippen molar-refractivity contribution in [1.29, 1.82) is 0 Å². The average Bonchev–Trinajstić information content (AvgIpc) is 2.30. The van der Waals surface area contributed by atoms with Crippen molar-refractivity contribution in [1.82, 2.24) is 15.0 Å². The zero-order valence-corrected chi connectivity index (χ0v) is 11.8. The predicted molar refractivity (Wildman–Crippen MR) is 74.4 cm³/mol. The minimum absolute atomic E-state index is 0.224. The number of piperidine rings is 1. The largest absolute Gasteiger partial charge is 0.394 e. The number of rotatable bonds is 2. The summed E-state index contributed by atoms with van der Waals surface area (Å²) in [7, 11) is 0. The number of hydrogen-bond donors (Lipinski definition) is 2. The fourth-order valence-corrected chi connectivity index (χ4v) is 2.61. The minimum atomic E-state index is 0.224. The molecule has 6 heteroatoms. The molecule has 100 valence electrons. The fourth-order valence-electron chi connectivity index (χ4n) is 2.40. The van der Waals surface area contributed by atoms with Crippen LogP contribution in [-0.4, -0.2) is 27.1 Å². The van der Waals surface area contributed by atoms with Gasteiger partial charge in [0.25, 0.3) is 0 Å². The maximum atomic E-state index is 5.99. The molecule has 2 atom stereocenters. The molecule has 5 nitrogen and oxygen atoms in total. The summed E-state index contributed by atoms with van der Waals surface area (Å²) in [6.45, 7) is 6.24. The van der Waals surface area contributed by atoms with Crippen LogP contribution in [0.4, 0.5) is 11.5 Å². The summed E-state index contributed by atoms with van der Waals surface area (Å²) in [6.07, 6.45) is 3.61. The zero-order chi connectivity index (χ0) is 13.3. The van der Waals surface area contributed by atoms with E-state index in [9.17, 15) is 0 Å². The quantitative estimate of drug-likeness (QED) is 0.808. The highest BCUT2D eigenvalue weighted by Gasteiger charge is 2.25. The third kappa shape index (κ3) is 2.67. The molecule has 1 aromatic rings. The van der Waals surface area contributed by atoms with Crippen LogP contribution in [0, 0.1) is 6.92 Å². The Hall–Kier alpha value is -1.07. The highest BCUT2D eigenvalue weighted by atomic mass is 35.5. The van der Waals surface area contributed by atoms with E-state index in [4.69, 9.17) is 17.3 Å². The van der Waals surface area contributed by atoms with E-state index in [1.165, 1.54) is 19.3 Å². The Kier molecular flexibility index (Phi) is 3.92. The summed E-state index contributed by atoms with van der Waals surface area (Å²) in [6, 6.07) is 0.921. The molecule has 1 aliphatic heterocycles. The maximum absolute atomic E-state index is 5.99. The molecule has 0 saturated carbocycles. The summed E-state index contributed by atoms with van der Waals surface area (Å²) in [5, 5.41) is 2.43. The number of nitrogen functional groups attached to an aromatic ring is 1. The van der Waals surface area contributed by atoms with Gasteiger partial charge in [-0.15, -0.1) is 0 Å². The van der Waals surface area contributed by atoms with Gasteiger partial charge in [-0.2, -0.15) is 4.98 Å². The molecule has 1 aromatic heterocycles. The summed E-state index contributed by atoms with van der Waals surface area (Å²) in [5.41, 5.74) is 10.6. The Morgan fingerprint density at radius 1 is 1.28 bits per heavy atom. The summed E-state index contributed by atoms with van der Waals surface area (Å²) in [4.78, 5) is 8.21. The van der Waals surface area contributed by atoms with E-state index in [2.05, 4.69) is 34.3 Å². The van der Waals surface area contributed by atoms with Crippen LogP contribution >= 0.6 is 11.6 Å². The van der Waals surface area contributed by atoms with Gasteiger partial charge in [0.2, 0.25) is 5.28 Å². The van der Waals surface area contributed by atoms with E-state index in [0.717, 1.165) is 0 Å². The van der Waals surface area contributed by atoms with E-state index >= 15 is 0 Å². The molecule has 1 saturated heterocycles. The molecule has 0 bridgehead atoms. The molecule has 1 fully saturated rings. The summed E-state index contributed by atoms with van der Waals surface area (Å²) in [5.74, 6) is 0.605. The van der Waals surface area contributed by atoms with Gasteiger partial charge in [0.15, 0.2) is 5.82 Å². The van der Waals surface area contributed by atoms with Crippen LogP contribution in [0.2, 0.25) is 5.28 Å². The standard InChI is InChI=1S/C12H20ClN5/c1-7-5-4-6-8(2)18(7)17-11-10(14)9(3)15-12(13)16-11/h7-8H,4-6,14H2,1-3H3,(H,15,16,17). The highest BCUT2D eigenvalue weighted by Crippen LogP contribution is 2.26. The normalized spacial score (nSPS) is 25.1. The number of nitrogens with zero attached hydrogens (tertiary/aromatic N) is 3. The second kappa shape index (κ2) is 5.28. The lowest BCUT2D eigenvalue weighted by atomic mass is 10.00. The Morgan fingerprint density at radius 2 is 1.89 bits per heavy atom. The van der Waals surface area contributed by atoms with Crippen molar-refractivity contribution in [2.75, 3.05) is 11.2 Å². The monoisotopic (exact) mass is 269 g/mol. The van der Waals surface area contributed by atoms with Gasteiger partial charge in [0.1, 0.15) is 0 Å². The number of nitrogens with two attached hydrogens (primary N) is 1. The smallest absolute Gasteiger partial charge is 0.224 e. The Morgan fingerprint density at radius 3 is 2.50 bits per heavy atom. The molecule has 18 heavy (non-hydrogen) atoms. The number of aromatic nitrogens is 2. The van der Waals surface area contributed by atoms with Gasteiger partial charge in [0.05, 0.1) is 11.4 Å². The molecular formula is C12H20ClN5. The van der Waals surface area contributed by atoms with Crippen LogP contribution in [0.5, 0.6) is 0 Å². The van der Waals surface area contributed by atoms with Crippen molar-refractivity contribution in [2.24, 2.45) is 0 Å².